The highest BCUT2D eigenvalue weighted by Crippen LogP contribution is 2.26. The maximum absolute atomic E-state index is 13.1. The molecule has 1 aliphatic rings. The van der Waals surface area contributed by atoms with E-state index in [2.05, 4.69) is 106 Å². The number of aliphatic carboxylic acids is 1. The van der Waals surface area contributed by atoms with E-state index in [1.54, 1.807) is 0 Å². The molecular weight excluding hydrogens is 949 g/mol. The molecule has 428 valence electrons. The first kappa shape index (κ1) is 68.9. The average Bonchev–Trinajstić information content (AvgIpc) is 3.39. The number of carbonyl (C=O) groups is 4. The van der Waals surface area contributed by atoms with Crippen LogP contribution in [0.5, 0.6) is 0 Å². The van der Waals surface area contributed by atoms with Crippen molar-refractivity contribution < 1.29 is 58.2 Å². The predicted octanol–water partition coefficient (Wildman–Crippen LogP) is 15.1. The van der Waals surface area contributed by atoms with Crippen molar-refractivity contribution in [3.63, 3.8) is 0 Å². The number of unbranched alkanes of at least 4 members (excludes halogenated alkanes) is 21. The number of rotatable bonds is 49. The van der Waals surface area contributed by atoms with Gasteiger partial charge in [0.2, 0.25) is 0 Å². The van der Waals surface area contributed by atoms with Gasteiger partial charge in [0.15, 0.2) is 24.6 Å². The van der Waals surface area contributed by atoms with Gasteiger partial charge in [0, 0.05) is 19.3 Å². The van der Waals surface area contributed by atoms with Crippen LogP contribution in [0.15, 0.2) is 85.1 Å². The lowest BCUT2D eigenvalue weighted by atomic mass is 9.98. The van der Waals surface area contributed by atoms with Crippen LogP contribution in [-0.2, 0) is 42.9 Å². The third-order valence-corrected chi connectivity index (χ3v) is 13.0. The van der Waals surface area contributed by atoms with Gasteiger partial charge < -0.3 is 39.0 Å². The molecule has 0 saturated carbocycles. The molecule has 6 atom stereocenters. The molecule has 1 rings (SSSR count). The highest BCUT2D eigenvalue weighted by Gasteiger charge is 2.50. The Morgan fingerprint density at radius 3 is 1.28 bits per heavy atom. The summed E-state index contributed by atoms with van der Waals surface area (Å²) < 4.78 is 28.4. The molecule has 0 bridgehead atoms. The van der Waals surface area contributed by atoms with E-state index in [1.165, 1.54) is 57.8 Å². The molecule has 3 N–H and O–H groups in total. The number of carboxylic acids is 1. The van der Waals surface area contributed by atoms with Crippen LogP contribution >= 0.6 is 0 Å². The van der Waals surface area contributed by atoms with Crippen molar-refractivity contribution in [3.8, 4) is 0 Å². The van der Waals surface area contributed by atoms with Gasteiger partial charge >= 0.3 is 23.9 Å². The summed E-state index contributed by atoms with van der Waals surface area (Å²) in [6.07, 6.45) is 52.6. The number of aliphatic hydroxyl groups is 2. The molecule has 6 unspecified atom stereocenters. The van der Waals surface area contributed by atoms with Gasteiger partial charge in [-0.15, -0.1) is 0 Å². The molecule has 1 aliphatic heterocycles. The maximum Gasteiger partial charge on any atom is 0.335 e. The van der Waals surface area contributed by atoms with E-state index in [0.717, 1.165) is 122 Å². The van der Waals surface area contributed by atoms with Gasteiger partial charge in [0.25, 0.3) is 0 Å². The zero-order valence-corrected chi connectivity index (χ0v) is 47.0. The first-order valence-corrected chi connectivity index (χ1v) is 29.6. The molecule has 0 aromatic carbocycles. The highest BCUT2D eigenvalue weighted by atomic mass is 16.7. The van der Waals surface area contributed by atoms with Crippen molar-refractivity contribution in [2.24, 2.45) is 0 Å². The predicted molar refractivity (Wildman–Crippen MR) is 303 cm³/mol. The molecule has 12 heteroatoms. The topological polar surface area (TPSA) is 175 Å². The zero-order valence-electron chi connectivity index (χ0n) is 47.0. The Morgan fingerprint density at radius 2 is 0.840 bits per heavy atom. The Labute approximate surface area is 454 Å². The van der Waals surface area contributed by atoms with Gasteiger partial charge in [0.1, 0.15) is 18.8 Å². The standard InChI is InChI=1S/C63H104O12/c1-4-7-10-13-16-19-22-25-27-28-30-33-36-39-42-45-48-51-57(66)74-61-59(68)58(67)60(62(69)70)75-63(61)72-53-54(73-56(65)50-47-44-41-38-35-31-24-21-18-15-12-9-6-3)52-71-55(64)49-46-43-40-37-34-32-29-26-23-20-17-14-11-8-5-2/h7-8,10-11,16-17,19-20,25-27,29-30,33,54,58-61,63,67-68H,4-6,9,12-15,18,21-24,28,31-32,34-53H2,1-3H3,(H,69,70)/b10-7-,11-8-,19-16-,20-17-,27-25-,29-26-,33-30-. The minimum absolute atomic E-state index is 0.0287. The number of carboxylic acid groups (broad SMARTS) is 1. The van der Waals surface area contributed by atoms with E-state index in [0.29, 0.717) is 19.3 Å². The number of ether oxygens (including phenoxy) is 5. The highest BCUT2D eigenvalue weighted by molar-refractivity contribution is 5.74. The Bertz CT molecular complexity index is 1630. The van der Waals surface area contributed by atoms with Crippen LogP contribution in [0.1, 0.15) is 239 Å². The van der Waals surface area contributed by atoms with Gasteiger partial charge in [-0.3, -0.25) is 14.4 Å². The van der Waals surface area contributed by atoms with Crippen LogP contribution in [0.3, 0.4) is 0 Å². The molecule has 12 nitrogen and oxygen atoms in total. The zero-order chi connectivity index (χ0) is 54.7. The molecule has 0 aromatic heterocycles. The smallest absolute Gasteiger partial charge is 0.335 e. The van der Waals surface area contributed by atoms with E-state index < -0.39 is 67.3 Å². The molecule has 75 heavy (non-hydrogen) atoms. The third-order valence-electron chi connectivity index (χ3n) is 13.0. The fraction of sp³-hybridized carbons (Fsp3) is 0.714. The monoisotopic (exact) mass is 1050 g/mol. The number of hydrogen-bond donors (Lipinski definition) is 3. The summed E-state index contributed by atoms with van der Waals surface area (Å²) in [5.74, 6) is -3.17. The average molecular weight is 1050 g/mol. The van der Waals surface area contributed by atoms with Gasteiger partial charge in [-0.2, -0.15) is 0 Å². The van der Waals surface area contributed by atoms with E-state index in [-0.39, 0.29) is 25.9 Å². The number of esters is 3. The van der Waals surface area contributed by atoms with Crippen molar-refractivity contribution in [1.29, 1.82) is 0 Å². The first-order chi connectivity index (χ1) is 36.6. The Balaban J connectivity index is 2.71. The fourth-order valence-electron chi connectivity index (χ4n) is 8.49. The van der Waals surface area contributed by atoms with E-state index in [9.17, 15) is 34.5 Å². The number of aliphatic hydroxyl groups excluding tert-OH is 2. The lowest BCUT2D eigenvalue weighted by Gasteiger charge is -2.40. The largest absolute Gasteiger partial charge is 0.479 e. The van der Waals surface area contributed by atoms with Gasteiger partial charge in [-0.25, -0.2) is 4.79 Å². The number of carbonyl (C=O) groups excluding carboxylic acids is 3. The van der Waals surface area contributed by atoms with Gasteiger partial charge in [0.05, 0.1) is 6.61 Å². The van der Waals surface area contributed by atoms with Crippen LogP contribution in [0.2, 0.25) is 0 Å². The van der Waals surface area contributed by atoms with Crippen molar-refractivity contribution in [2.45, 2.75) is 276 Å². The summed E-state index contributed by atoms with van der Waals surface area (Å²) in [7, 11) is 0. The summed E-state index contributed by atoms with van der Waals surface area (Å²) in [6, 6.07) is 0. The molecule has 1 heterocycles. The van der Waals surface area contributed by atoms with E-state index in [1.807, 2.05) is 0 Å². The normalized spacial score (nSPS) is 18.8. The SMILES string of the molecule is CC/C=C\C/C=C\C/C=C\C/C=C\CCCCCCC(=O)OC1C(OCC(COC(=O)CCCCCCC/C=C\C/C=C\C/C=C\CC)OC(=O)CCCCCCCCCCCCCCC)OC(C(=O)O)C(O)C1O. The summed E-state index contributed by atoms with van der Waals surface area (Å²) in [4.78, 5) is 51.1. The Kier molecular flexibility index (Phi) is 46.6. The van der Waals surface area contributed by atoms with Crippen molar-refractivity contribution in [3.05, 3.63) is 85.1 Å². The van der Waals surface area contributed by atoms with Crippen molar-refractivity contribution in [2.75, 3.05) is 13.2 Å². The lowest BCUT2D eigenvalue weighted by Crippen LogP contribution is -2.61. The minimum atomic E-state index is -1.92. The quantitative estimate of drug-likeness (QED) is 0.0228. The minimum Gasteiger partial charge on any atom is -0.479 e. The van der Waals surface area contributed by atoms with Gasteiger partial charge in [-0.05, 0) is 89.9 Å². The molecule has 1 saturated heterocycles. The summed E-state index contributed by atoms with van der Waals surface area (Å²) >= 11 is 0. The second kappa shape index (κ2) is 50.7. The molecule has 0 radical (unpaired) electrons. The van der Waals surface area contributed by atoms with Crippen LogP contribution < -0.4 is 0 Å². The second-order valence-electron chi connectivity index (χ2n) is 19.9. The Morgan fingerprint density at radius 1 is 0.453 bits per heavy atom. The van der Waals surface area contributed by atoms with Crippen LogP contribution in [-0.4, -0.2) is 89.2 Å². The van der Waals surface area contributed by atoms with Crippen molar-refractivity contribution in [1.82, 2.24) is 0 Å². The van der Waals surface area contributed by atoms with Crippen LogP contribution in [0.4, 0.5) is 0 Å². The van der Waals surface area contributed by atoms with E-state index >= 15 is 0 Å². The summed E-state index contributed by atoms with van der Waals surface area (Å²) in [5.41, 5.74) is 0. The third kappa shape index (κ3) is 40.8. The number of hydrogen-bond acceptors (Lipinski definition) is 11. The van der Waals surface area contributed by atoms with Crippen LogP contribution in [0.25, 0.3) is 0 Å². The maximum atomic E-state index is 13.1. The molecular formula is C63H104O12. The first-order valence-electron chi connectivity index (χ1n) is 29.6. The molecule has 1 fully saturated rings. The number of allylic oxidation sites excluding steroid dienone is 14. The summed E-state index contributed by atoms with van der Waals surface area (Å²) in [5, 5.41) is 31.5. The van der Waals surface area contributed by atoms with Crippen LogP contribution in [0, 0.1) is 0 Å². The summed E-state index contributed by atoms with van der Waals surface area (Å²) in [6.45, 7) is 5.74. The molecule has 0 amide bonds. The van der Waals surface area contributed by atoms with Gasteiger partial charge in [-0.1, -0.05) is 215 Å². The molecule has 0 spiro atoms. The van der Waals surface area contributed by atoms with Crippen molar-refractivity contribution >= 4 is 23.9 Å². The molecule has 0 aromatic rings. The van der Waals surface area contributed by atoms with E-state index in [4.69, 9.17) is 23.7 Å². The lowest BCUT2D eigenvalue weighted by molar-refractivity contribution is -0.301. The fourth-order valence-corrected chi connectivity index (χ4v) is 8.49. The molecule has 0 aliphatic carbocycles. The second-order valence-corrected chi connectivity index (χ2v) is 19.9. The Hall–Kier alpha value is -4.10.